The summed E-state index contributed by atoms with van der Waals surface area (Å²) in [5.41, 5.74) is 6.14. The summed E-state index contributed by atoms with van der Waals surface area (Å²) < 4.78 is 20.5. The van der Waals surface area contributed by atoms with Crippen molar-refractivity contribution in [2.45, 2.75) is 78.4 Å². The minimum atomic E-state index is -0.807. The molecule has 3 atom stereocenters. The number of benzene rings is 1. The molecule has 2 N–H and O–H groups in total. The Hall–Kier alpha value is -2.14. The first-order valence-corrected chi connectivity index (χ1v) is 14.5. The lowest BCUT2D eigenvalue weighted by Gasteiger charge is -2.53. The van der Waals surface area contributed by atoms with E-state index in [1.54, 1.807) is 4.90 Å². The number of carbonyl (C=O) groups is 1. The summed E-state index contributed by atoms with van der Waals surface area (Å²) in [5, 5.41) is 8.33. The number of halogens is 2. The Balaban J connectivity index is 1.48. The molecule has 11 heteroatoms. The molecule has 9 nitrogen and oxygen atoms in total. The van der Waals surface area contributed by atoms with Crippen LogP contribution in [0.1, 0.15) is 64.2 Å². The number of ether oxygens (including phenoxy) is 1. The molecule has 2 unspecified atom stereocenters. The van der Waals surface area contributed by atoms with Gasteiger partial charge in [-0.2, -0.15) is 0 Å². The summed E-state index contributed by atoms with van der Waals surface area (Å²) in [7, 11) is 0. The monoisotopic (exact) mass is 563 g/mol. The van der Waals surface area contributed by atoms with Gasteiger partial charge in [-0.25, -0.2) is 9.38 Å². The Bertz CT molecular complexity index is 1080. The van der Waals surface area contributed by atoms with E-state index in [9.17, 15) is 9.18 Å². The van der Waals surface area contributed by atoms with Crippen LogP contribution in [0.2, 0.25) is 0 Å². The van der Waals surface area contributed by atoms with Crippen LogP contribution in [0, 0.1) is 17.2 Å². The van der Waals surface area contributed by atoms with Gasteiger partial charge in [-0.15, -0.1) is 10.2 Å². The molecule has 0 aliphatic carbocycles. The van der Waals surface area contributed by atoms with E-state index in [-0.39, 0.29) is 34.0 Å². The lowest BCUT2D eigenvalue weighted by atomic mass is 9.76. The molecule has 2 saturated heterocycles. The average molecular weight is 564 g/mol. The van der Waals surface area contributed by atoms with Crippen LogP contribution in [0.5, 0.6) is 5.75 Å². The highest BCUT2D eigenvalue weighted by Crippen LogP contribution is 2.43. The fourth-order valence-corrected chi connectivity index (χ4v) is 6.42. The van der Waals surface area contributed by atoms with Gasteiger partial charge < -0.3 is 15.4 Å². The number of rotatable bonds is 11. The van der Waals surface area contributed by atoms with Gasteiger partial charge in [0.1, 0.15) is 11.6 Å². The molecule has 0 radical (unpaired) electrons. The molecule has 1 aromatic rings. The Labute approximate surface area is 236 Å². The molecular formula is C28H43ClFN7O2. The number of hydrogen-bond donors (Lipinski definition) is 1. The maximum Gasteiger partial charge on any atom is 0.257 e. The number of hydrogen-bond acceptors (Lipinski definition) is 8. The first-order chi connectivity index (χ1) is 18.6. The van der Waals surface area contributed by atoms with Crippen LogP contribution in [-0.4, -0.2) is 89.6 Å². The number of carbonyl (C=O) groups excluding carboxylic acids is 1. The molecule has 2 fully saturated rings. The van der Waals surface area contributed by atoms with Gasteiger partial charge in [0.05, 0.1) is 5.56 Å². The summed E-state index contributed by atoms with van der Waals surface area (Å²) in [6.07, 6.45) is 1.93. The zero-order valence-corrected chi connectivity index (χ0v) is 24.6. The molecule has 0 saturated carbocycles. The quantitative estimate of drug-likeness (QED) is 0.398. The van der Waals surface area contributed by atoms with E-state index in [4.69, 9.17) is 22.1 Å². The number of aliphatic imine (C=N–C) groups is 1. The van der Waals surface area contributed by atoms with Gasteiger partial charge in [0, 0.05) is 50.2 Å². The first kappa shape index (κ1) is 29.8. The highest BCUT2D eigenvalue weighted by molar-refractivity contribution is 6.65. The standard InChI is InChI=1S/C28H43ClFN7O2/c1-6-37(19(4)5)26(38)21-14-20(30)9-10-23(21)39-25-24(32-27(29)34-33-25)35-13-11-28(15-35)16-36(17-28)22(18(2)3)8-7-12-31/h9-10,14,18-19,22,24-25H,6-8,11-13,15-17,31H2,1-5H3/t22-,24?,25?/m0/s1. The number of nitrogens with two attached hydrogens (primary N) is 1. The van der Waals surface area contributed by atoms with Gasteiger partial charge in [-0.3, -0.25) is 14.6 Å². The van der Waals surface area contributed by atoms with E-state index in [1.165, 1.54) is 18.2 Å². The van der Waals surface area contributed by atoms with Crippen molar-refractivity contribution in [3.05, 3.63) is 29.6 Å². The van der Waals surface area contributed by atoms with Gasteiger partial charge in [-0.1, -0.05) is 13.8 Å². The number of nitrogens with zero attached hydrogens (tertiary/aromatic N) is 6. The van der Waals surface area contributed by atoms with Crippen molar-refractivity contribution in [1.29, 1.82) is 0 Å². The van der Waals surface area contributed by atoms with Crippen molar-refractivity contribution in [3.8, 4) is 5.75 Å². The average Bonchev–Trinajstić information content (AvgIpc) is 3.31. The maximum atomic E-state index is 14.2. The fourth-order valence-electron chi connectivity index (χ4n) is 6.28. The Morgan fingerprint density at radius 2 is 2.03 bits per heavy atom. The minimum absolute atomic E-state index is 0.0439. The lowest BCUT2D eigenvalue weighted by molar-refractivity contribution is -0.0452. The molecule has 3 aliphatic rings. The smallest absolute Gasteiger partial charge is 0.257 e. The molecule has 0 bridgehead atoms. The molecular weight excluding hydrogens is 521 g/mol. The number of likely N-dealkylation sites (tertiary alicyclic amines) is 2. The summed E-state index contributed by atoms with van der Waals surface area (Å²) in [6, 6.07) is 4.48. The van der Waals surface area contributed by atoms with Gasteiger partial charge in [0.15, 0.2) is 6.17 Å². The minimum Gasteiger partial charge on any atom is -0.462 e. The van der Waals surface area contributed by atoms with Gasteiger partial charge in [0.2, 0.25) is 11.5 Å². The number of amidine groups is 1. The fraction of sp³-hybridized carbons (Fsp3) is 0.714. The zero-order valence-electron chi connectivity index (χ0n) is 23.8. The third-order valence-electron chi connectivity index (χ3n) is 8.25. The van der Waals surface area contributed by atoms with Crippen LogP contribution in [0.3, 0.4) is 0 Å². The molecule has 39 heavy (non-hydrogen) atoms. The Morgan fingerprint density at radius 1 is 1.28 bits per heavy atom. The van der Waals surface area contributed by atoms with E-state index in [2.05, 4.69) is 38.9 Å². The molecule has 1 aromatic carbocycles. The van der Waals surface area contributed by atoms with Crippen molar-refractivity contribution < 1.29 is 13.9 Å². The highest BCUT2D eigenvalue weighted by Gasteiger charge is 2.52. The third-order valence-corrected chi connectivity index (χ3v) is 8.43. The third kappa shape index (κ3) is 6.61. The van der Waals surface area contributed by atoms with Crippen LogP contribution in [0.4, 0.5) is 4.39 Å². The van der Waals surface area contributed by atoms with E-state index in [0.717, 1.165) is 52.0 Å². The normalized spacial score (nSPS) is 23.8. The second-order valence-corrected chi connectivity index (χ2v) is 12.1. The first-order valence-electron chi connectivity index (χ1n) is 14.2. The van der Waals surface area contributed by atoms with Crippen molar-refractivity contribution >= 4 is 22.8 Å². The van der Waals surface area contributed by atoms with Crippen LogP contribution in [-0.2, 0) is 0 Å². The van der Waals surface area contributed by atoms with Crippen molar-refractivity contribution in [3.63, 3.8) is 0 Å². The molecule has 0 aromatic heterocycles. The number of azo groups is 1. The predicted octanol–water partition coefficient (Wildman–Crippen LogP) is 4.56. The summed E-state index contributed by atoms with van der Waals surface area (Å²) in [4.78, 5) is 24.4. The SMILES string of the molecule is CCN(C(=O)c1cc(F)ccc1OC1N=NC(Cl)=NC1N1CCC2(C1)CN([C@@H](CCCN)C(C)C)C2)C(C)C. The van der Waals surface area contributed by atoms with Gasteiger partial charge in [0.25, 0.3) is 5.91 Å². The summed E-state index contributed by atoms with van der Waals surface area (Å²) in [6.45, 7) is 15.3. The molecule has 4 rings (SSSR count). The van der Waals surface area contributed by atoms with Crippen LogP contribution in [0.15, 0.2) is 33.4 Å². The summed E-state index contributed by atoms with van der Waals surface area (Å²) in [5.74, 6) is 0.0387. The molecule has 1 spiro atoms. The lowest BCUT2D eigenvalue weighted by Crippen LogP contribution is -2.62. The molecule has 216 valence electrons. The Kier molecular flexibility index (Phi) is 9.62. The topological polar surface area (TPSA) is 99.1 Å². The van der Waals surface area contributed by atoms with Crippen LogP contribution < -0.4 is 10.5 Å². The summed E-state index contributed by atoms with van der Waals surface area (Å²) >= 11 is 6.20. The van der Waals surface area contributed by atoms with E-state index >= 15 is 0 Å². The maximum absolute atomic E-state index is 14.2. The van der Waals surface area contributed by atoms with E-state index in [0.29, 0.717) is 18.5 Å². The van der Waals surface area contributed by atoms with Crippen molar-refractivity contribution in [2.24, 2.45) is 32.3 Å². The molecule has 3 heterocycles. The van der Waals surface area contributed by atoms with Crippen LogP contribution >= 0.6 is 11.6 Å². The second-order valence-electron chi connectivity index (χ2n) is 11.7. The zero-order chi connectivity index (χ0) is 28.3. The number of amides is 1. The van der Waals surface area contributed by atoms with Crippen molar-refractivity contribution in [1.82, 2.24) is 14.7 Å². The van der Waals surface area contributed by atoms with Gasteiger partial charge in [-0.05, 0) is 82.3 Å². The van der Waals surface area contributed by atoms with Crippen LogP contribution in [0.25, 0.3) is 0 Å². The van der Waals surface area contributed by atoms with Crippen molar-refractivity contribution in [2.75, 3.05) is 39.3 Å². The van der Waals surface area contributed by atoms with E-state index in [1.807, 2.05) is 20.8 Å². The predicted molar refractivity (Wildman–Crippen MR) is 152 cm³/mol. The largest absolute Gasteiger partial charge is 0.462 e. The van der Waals surface area contributed by atoms with Gasteiger partial charge >= 0.3 is 0 Å². The molecule has 1 amide bonds. The van der Waals surface area contributed by atoms with E-state index < -0.39 is 18.2 Å². The highest BCUT2D eigenvalue weighted by atomic mass is 35.5. The second kappa shape index (κ2) is 12.6. The molecule has 3 aliphatic heterocycles. The Morgan fingerprint density at radius 3 is 2.67 bits per heavy atom.